The van der Waals surface area contributed by atoms with Crippen molar-refractivity contribution in [2.24, 2.45) is 0 Å². The first-order valence-electron chi connectivity index (χ1n) is 12.1. The van der Waals surface area contributed by atoms with Gasteiger partial charge in [-0.1, -0.05) is 75.0 Å². The monoisotopic (exact) mass is 502 g/mol. The lowest BCUT2D eigenvalue weighted by atomic mass is 10.1. The topological polar surface area (TPSA) is 25.8 Å². The van der Waals surface area contributed by atoms with Gasteiger partial charge in [-0.2, -0.15) is 0 Å². The van der Waals surface area contributed by atoms with Crippen LogP contribution in [0.15, 0.2) is 12.1 Å². The summed E-state index contributed by atoms with van der Waals surface area (Å²) >= 11 is 7.29. The second-order valence-corrected chi connectivity index (χ2v) is 13.1. The molecule has 6 heteroatoms. The molecule has 0 atom stereocenters. The van der Waals surface area contributed by atoms with E-state index in [1.165, 1.54) is 94.8 Å². The van der Waals surface area contributed by atoms with Crippen molar-refractivity contribution in [2.45, 2.75) is 91.9 Å². The number of hydrogen-bond donors (Lipinski definition) is 0. The minimum atomic E-state index is 1.09. The molecule has 0 aliphatic carbocycles. The molecule has 32 heavy (non-hydrogen) atoms. The molecule has 0 saturated carbocycles. The Morgan fingerprint density at radius 3 is 1.44 bits per heavy atom. The summed E-state index contributed by atoms with van der Waals surface area (Å²) < 4.78 is 0. The fourth-order valence-corrected chi connectivity index (χ4v) is 8.36. The zero-order valence-corrected chi connectivity index (χ0v) is 23.0. The van der Waals surface area contributed by atoms with Crippen LogP contribution in [0, 0.1) is 13.8 Å². The Hall–Kier alpha value is -1.08. The molecule has 0 aromatic carbocycles. The molecule has 0 radical (unpaired) electrons. The summed E-state index contributed by atoms with van der Waals surface area (Å²) in [4.78, 5) is 17.7. The molecule has 0 spiro atoms. The number of thiazole rings is 2. The van der Waals surface area contributed by atoms with Crippen molar-refractivity contribution in [2.75, 3.05) is 0 Å². The third kappa shape index (κ3) is 5.69. The summed E-state index contributed by atoms with van der Waals surface area (Å²) in [7, 11) is 0. The SMILES string of the molecule is CCCCCCc1cc(-c2nc3sc(-c4cc(CCCCCC)c(C)s4)nc3s2)sc1C. The fraction of sp³-hybridized carbons (Fsp3) is 0.538. The highest BCUT2D eigenvalue weighted by Gasteiger charge is 2.17. The molecule has 0 unspecified atom stereocenters. The van der Waals surface area contributed by atoms with Crippen molar-refractivity contribution in [3.05, 3.63) is 33.0 Å². The summed E-state index contributed by atoms with van der Waals surface area (Å²) in [6.45, 7) is 9.06. The molecule has 172 valence electrons. The molecular weight excluding hydrogens is 469 g/mol. The molecule has 4 aromatic rings. The summed E-state index contributed by atoms with van der Waals surface area (Å²) in [5.41, 5.74) is 3.02. The number of nitrogens with zero attached hydrogens (tertiary/aromatic N) is 2. The Bertz CT molecular complexity index is 1030. The van der Waals surface area contributed by atoms with Crippen molar-refractivity contribution in [3.8, 4) is 19.8 Å². The van der Waals surface area contributed by atoms with Crippen LogP contribution in [0.2, 0.25) is 0 Å². The number of thiophene rings is 2. The zero-order valence-electron chi connectivity index (χ0n) is 19.8. The quantitative estimate of drug-likeness (QED) is 0.180. The van der Waals surface area contributed by atoms with Crippen LogP contribution < -0.4 is 0 Å². The van der Waals surface area contributed by atoms with Crippen LogP contribution in [-0.2, 0) is 12.8 Å². The summed E-state index contributed by atoms with van der Waals surface area (Å²) in [5.74, 6) is 0. The van der Waals surface area contributed by atoms with Crippen LogP contribution in [0.5, 0.6) is 0 Å². The maximum atomic E-state index is 4.98. The minimum Gasteiger partial charge on any atom is -0.222 e. The standard InChI is InChI=1S/C26H34N2S4/c1-5-7-9-11-13-19-15-21(29-17(19)3)23-27-25-26(31-23)28-24(32-25)22-16-20(18(4)30-22)14-12-10-8-6-2/h15-16H,5-14H2,1-4H3. The minimum absolute atomic E-state index is 1.09. The van der Waals surface area contributed by atoms with Crippen molar-refractivity contribution >= 4 is 55.0 Å². The number of unbranched alkanes of at least 4 members (excludes halogenated alkanes) is 6. The van der Waals surface area contributed by atoms with Gasteiger partial charge in [0.05, 0.1) is 9.75 Å². The van der Waals surface area contributed by atoms with Crippen molar-refractivity contribution in [3.63, 3.8) is 0 Å². The maximum absolute atomic E-state index is 4.98. The van der Waals surface area contributed by atoms with E-state index in [2.05, 4.69) is 39.8 Å². The Morgan fingerprint density at radius 1 is 0.594 bits per heavy atom. The molecular formula is C26H34N2S4. The van der Waals surface area contributed by atoms with Crippen LogP contribution in [0.1, 0.15) is 86.1 Å². The lowest BCUT2D eigenvalue weighted by Crippen LogP contribution is -1.85. The van der Waals surface area contributed by atoms with Crippen LogP contribution in [-0.4, -0.2) is 9.97 Å². The smallest absolute Gasteiger partial charge is 0.155 e. The van der Waals surface area contributed by atoms with E-state index in [0.29, 0.717) is 0 Å². The van der Waals surface area contributed by atoms with Gasteiger partial charge in [-0.3, -0.25) is 0 Å². The highest BCUT2D eigenvalue weighted by molar-refractivity contribution is 7.32. The van der Waals surface area contributed by atoms with Gasteiger partial charge in [-0.05, 0) is 62.8 Å². The van der Waals surface area contributed by atoms with Gasteiger partial charge in [0.2, 0.25) is 0 Å². The second-order valence-electron chi connectivity index (χ2n) is 8.65. The van der Waals surface area contributed by atoms with Crippen molar-refractivity contribution in [1.29, 1.82) is 0 Å². The van der Waals surface area contributed by atoms with Gasteiger partial charge in [0, 0.05) is 9.75 Å². The fourth-order valence-electron chi connectivity index (χ4n) is 4.08. The normalized spacial score (nSPS) is 11.8. The average molecular weight is 503 g/mol. The van der Waals surface area contributed by atoms with E-state index in [1.807, 2.05) is 22.7 Å². The van der Waals surface area contributed by atoms with Gasteiger partial charge in [-0.25, -0.2) is 9.97 Å². The highest BCUT2D eigenvalue weighted by Crippen LogP contribution is 2.41. The highest BCUT2D eigenvalue weighted by atomic mass is 32.1. The first kappa shape index (κ1) is 24.1. The lowest BCUT2D eigenvalue weighted by molar-refractivity contribution is 0.666. The Morgan fingerprint density at radius 2 is 1.03 bits per heavy atom. The molecule has 0 bridgehead atoms. The van der Waals surface area contributed by atoms with Gasteiger partial charge in [0.1, 0.15) is 10.0 Å². The van der Waals surface area contributed by atoms with Crippen LogP contribution in [0.25, 0.3) is 29.4 Å². The molecule has 2 nitrogen and oxygen atoms in total. The van der Waals surface area contributed by atoms with Crippen molar-refractivity contribution < 1.29 is 0 Å². The third-order valence-corrected chi connectivity index (χ3v) is 10.6. The summed E-state index contributed by atoms with van der Waals surface area (Å²) in [5, 5.41) is 2.27. The Kier molecular flexibility index (Phi) is 8.55. The number of aryl methyl sites for hydroxylation is 4. The number of aromatic nitrogens is 2. The number of fused-ring (bicyclic) bond motifs is 1. The summed E-state index contributed by atoms with van der Waals surface area (Å²) in [6, 6.07) is 4.76. The van der Waals surface area contributed by atoms with E-state index < -0.39 is 0 Å². The van der Waals surface area contributed by atoms with E-state index in [4.69, 9.17) is 9.97 Å². The summed E-state index contributed by atoms with van der Waals surface area (Å²) in [6.07, 6.45) is 12.9. The number of rotatable bonds is 12. The molecule has 0 aliphatic rings. The predicted octanol–water partition coefficient (Wildman–Crippen LogP) is 10.1. The van der Waals surface area contributed by atoms with Gasteiger partial charge in [-0.15, -0.1) is 22.7 Å². The first-order chi connectivity index (χ1) is 15.6. The maximum Gasteiger partial charge on any atom is 0.155 e. The van der Waals surface area contributed by atoms with Gasteiger partial charge in [0.15, 0.2) is 9.66 Å². The molecule has 4 rings (SSSR count). The van der Waals surface area contributed by atoms with Gasteiger partial charge in [0.25, 0.3) is 0 Å². The van der Waals surface area contributed by atoms with E-state index in [9.17, 15) is 0 Å². The van der Waals surface area contributed by atoms with Crippen molar-refractivity contribution in [1.82, 2.24) is 9.97 Å². The van der Waals surface area contributed by atoms with E-state index in [0.717, 1.165) is 19.7 Å². The molecule has 0 aliphatic heterocycles. The third-order valence-electron chi connectivity index (χ3n) is 6.04. The van der Waals surface area contributed by atoms with Crippen LogP contribution >= 0.6 is 45.3 Å². The molecule has 4 heterocycles. The van der Waals surface area contributed by atoms with Gasteiger partial charge >= 0.3 is 0 Å². The average Bonchev–Trinajstić information content (AvgIpc) is 3.52. The van der Waals surface area contributed by atoms with Crippen LogP contribution in [0.3, 0.4) is 0 Å². The predicted molar refractivity (Wildman–Crippen MR) is 147 cm³/mol. The van der Waals surface area contributed by atoms with E-state index in [1.54, 1.807) is 22.7 Å². The molecule has 0 N–H and O–H groups in total. The van der Waals surface area contributed by atoms with Gasteiger partial charge < -0.3 is 0 Å². The van der Waals surface area contributed by atoms with E-state index >= 15 is 0 Å². The molecule has 0 amide bonds. The first-order valence-corrected chi connectivity index (χ1v) is 15.3. The lowest BCUT2D eigenvalue weighted by Gasteiger charge is -1.99. The zero-order chi connectivity index (χ0) is 22.5. The Labute approximate surface area is 208 Å². The Balaban J connectivity index is 1.46. The number of hydrogen-bond acceptors (Lipinski definition) is 6. The molecule has 4 aromatic heterocycles. The largest absolute Gasteiger partial charge is 0.222 e. The molecule has 0 fully saturated rings. The van der Waals surface area contributed by atoms with E-state index in [-0.39, 0.29) is 0 Å². The van der Waals surface area contributed by atoms with Crippen LogP contribution in [0.4, 0.5) is 0 Å². The second kappa shape index (κ2) is 11.4. The molecule has 0 saturated heterocycles.